The second kappa shape index (κ2) is 9.20. The van der Waals surface area contributed by atoms with E-state index in [4.69, 9.17) is 4.74 Å². The molecule has 1 saturated carbocycles. The second-order valence-corrected chi connectivity index (χ2v) is 7.85. The van der Waals surface area contributed by atoms with Gasteiger partial charge in [0, 0.05) is 6.54 Å². The van der Waals surface area contributed by atoms with Crippen LogP contribution in [-0.4, -0.2) is 37.8 Å². The summed E-state index contributed by atoms with van der Waals surface area (Å²) in [7, 11) is 6.06. The Balaban J connectivity index is 1.87. The number of methoxy groups -OCH3 is 1. The summed E-state index contributed by atoms with van der Waals surface area (Å²) >= 11 is 0. The van der Waals surface area contributed by atoms with Gasteiger partial charge in [-0.1, -0.05) is 42.0 Å². The molecule has 2 aromatic carbocycles. The molecule has 0 spiro atoms. The third kappa shape index (κ3) is 5.21. The van der Waals surface area contributed by atoms with Crippen molar-refractivity contribution < 1.29 is 9.84 Å². The molecule has 0 unspecified atom stereocenters. The van der Waals surface area contributed by atoms with Gasteiger partial charge in [-0.3, -0.25) is 0 Å². The Morgan fingerprint density at radius 3 is 2.70 bits per heavy atom. The van der Waals surface area contributed by atoms with Crippen molar-refractivity contribution in [1.29, 1.82) is 0 Å². The van der Waals surface area contributed by atoms with Gasteiger partial charge >= 0.3 is 0 Å². The van der Waals surface area contributed by atoms with Gasteiger partial charge in [0.15, 0.2) is 0 Å². The average molecular weight is 366 g/mol. The van der Waals surface area contributed by atoms with E-state index in [2.05, 4.69) is 55.4 Å². The molecular weight excluding hydrogens is 334 g/mol. The lowest BCUT2D eigenvalue weighted by Gasteiger charge is -2.35. The molecule has 1 N–H and O–H groups in total. The normalized spacial score (nSPS) is 21.6. The van der Waals surface area contributed by atoms with Gasteiger partial charge in [-0.05, 0) is 80.1 Å². The Morgan fingerprint density at radius 1 is 1.15 bits per heavy atom. The first kappa shape index (κ1) is 19.7. The highest BCUT2D eigenvalue weighted by molar-refractivity contribution is 5.54. The van der Waals surface area contributed by atoms with Gasteiger partial charge in [-0.2, -0.15) is 0 Å². The van der Waals surface area contributed by atoms with Crippen LogP contribution in [-0.2, 0) is 6.61 Å². The molecule has 1 fully saturated rings. The van der Waals surface area contributed by atoms with Crippen molar-refractivity contribution in [3.05, 3.63) is 70.8 Å². The van der Waals surface area contributed by atoms with Crippen LogP contribution in [0.5, 0.6) is 5.75 Å². The summed E-state index contributed by atoms with van der Waals surface area (Å²) in [6.07, 6.45) is 5.74. The van der Waals surface area contributed by atoms with E-state index in [0.717, 1.165) is 30.7 Å². The third-order valence-electron chi connectivity index (χ3n) is 5.51. The van der Waals surface area contributed by atoms with Gasteiger partial charge in [0.05, 0.1) is 13.7 Å². The summed E-state index contributed by atoms with van der Waals surface area (Å²) in [5.41, 5.74) is 5.02. The van der Waals surface area contributed by atoms with E-state index >= 15 is 0 Å². The summed E-state index contributed by atoms with van der Waals surface area (Å²) in [5.74, 6) is 2.08. The molecular formula is C24H31NO2. The maximum absolute atomic E-state index is 9.39. The van der Waals surface area contributed by atoms with Gasteiger partial charge < -0.3 is 14.7 Å². The summed E-state index contributed by atoms with van der Waals surface area (Å²) in [5, 5.41) is 9.39. The van der Waals surface area contributed by atoms with Gasteiger partial charge in [0.25, 0.3) is 0 Å². The first-order valence-corrected chi connectivity index (χ1v) is 9.77. The predicted molar refractivity (Wildman–Crippen MR) is 112 cm³/mol. The molecule has 0 heterocycles. The highest BCUT2D eigenvalue weighted by atomic mass is 16.5. The first-order valence-electron chi connectivity index (χ1n) is 9.77. The summed E-state index contributed by atoms with van der Waals surface area (Å²) in [6, 6.07) is 16.8. The molecule has 0 amide bonds. The van der Waals surface area contributed by atoms with Crippen molar-refractivity contribution in [2.45, 2.75) is 31.8 Å². The van der Waals surface area contributed by atoms with Crippen molar-refractivity contribution in [2.75, 3.05) is 27.7 Å². The minimum absolute atomic E-state index is 0.0916. The Morgan fingerprint density at radius 2 is 1.96 bits per heavy atom. The van der Waals surface area contributed by atoms with Crippen LogP contribution < -0.4 is 4.74 Å². The minimum atomic E-state index is 0.0916. The van der Waals surface area contributed by atoms with E-state index in [9.17, 15) is 5.11 Å². The lowest BCUT2D eigenvalue weighted by molar-refractivity contribution is 0.256. The molecule has 3 nitrogen and oxygen atoms in total. The molecule has 2 atom stereocenters. The Labute approximate surface area is 163 Å². The zero-order valence-electron chi connectivity index (χ0n) is 16.7. The van der Waals surface area contributed by atoms with Crippen LogP contribution in [0, 0.1) is 5.92 Å². The molecule has 0 aromatic heterocycles. The van der Waals surface area contributed by atoms with Gasteiger partial charge in [-0.25, -0.2) is 0 Å². The van der Waals surface area contributed by atoms with E-state index in [-0.39, 0.29) is 6.61 Å². The number of rotatable bonds is 6. The number of hydrogen-bond donors (Lipinski definition) is 1. The van der Waals surface area contributed by atoms with Crippen molar-refractivity contribution in [1.82, 2.24) is 4.90 Å². The number of hydrogen-bond acceptors (Lipinski definition) is 3. The quantitative estimate of drug-likeness (QED) is 0.804. The van der Waals surface area contributed by atoms with Crippen molar-refractivity contribution >= 4 is 6.08 Å². The van der Waals surface area contributed by atoms with Gasteiger partial charge in [-0.15, -0.1) is 0 Å². The molecule has 27 heavy (non-hydrogen) atoms. The van der Waals surface area contributed by atoms with E-state index < -0.39 is 0 Å². The largest absolute Gasteiger partial charge is 0.497 e. The Kier molecular flexibility index (Phi) is 6.70. The van der Waals surface area contributed by atoms with E-state index in [0.29, 0.717) is 11.8 Å². The fourth-order valence-electron chi connectivity index (χ4n) is 4.22. The van der Waals surface area contributed by atoms with Crippen LogP contribution >= 0.6 is 0 Å². The van der Waals surface area contributed by atoms with Gasteiger partial charge in [0.1, 0.15) is 5.75 Å². The van der Waals surface area contributed by atoms with E-state index in [1.54, 1.807) is 7.11 Å². The molecule has 0 saturated heterocycles. The van der Waals surface area contributed by atoms with Crippen LogP contribution in [0.15, 0.2) is 54.1 Å². The van der Waals surface area contributed by atoms with E-state index in [1.807, 2.05) is 18.2 Å². The molecule has 1 aliphatic rings. The van der Waals surface area contributed by atoms with Crippen LogP contribution in [0.2, 0.25) is 0 Å². The fraction of sp³-hybridized carbons (Fsp3) is 0.417. The number of benzene rings is 2. The number of aliphatic hydroxyl groups excluding tert-OH is 1. The molecule has 0 aliphatic heterocycles. The van der Waals surface area contributed by atoms with Gasteiger partial charge in [0.2, 0.25) is 0 Å². The third-order valence-corrected chi connectivity index (χ3v) is 5.51. The molecule has 2 aromatic rings. The molecule has 144 valence electrons. The maximum atomic E-state index is 9.39. The zero-order valence-corrected chi connectivity index (χ0v) is 16.7. The Bertz CT molecular complexity index is 781. The van der Waals surface area contributed by atoms with Crippen LogP contribution in [0.3, 0.4) is 0 Å². The smallest absolute Gasteiger partial charge is 0.119 e. The summed E-state index contributed by atoms with van der Waals surface area (Å²) < 4.78 is 5.46. The highest BCUT2D eigenvalue weighted by Gasteiger charge is 2.29. The molecule has 0 bridgehead atoms. The lowest BCUT2D eigenvalue weighted by atomic mass is 9.73. The Hall–Kier alpha value is -2.10. The fourth-order valence-corrected chi connectivity index (χ4v) is 4.22. The molecule has 1 aliphatic carbocycles. The molecule has 3 heteroatoms. The number of nitrogens with zero attached hydrogens (tertiary/aromatic N) is 1. The first-order chi connectivity index (χ1) is 13.1. The maximum Gasteiger partial charge on any atom is 0.119 e. The number of allylic oxidation sites excluding steroid dienone is 1. The van der Waals surface area contributed by atoms with E-state index in [1.165, 1.54) is 23.1 Å². The number of aliphatic hydroxyl groups is 1. The summed E-state index contributed by atoms with van der Waals surface area (Å²) in [4.78, 5) is 2.30. The SMILES string of the molecule is COc1cccc([C@H]2CC(=Cc3cccc(CO)c3)CC[C@@H]2CN(C)C)c1. The topological polar surface area (TPSA) is 32.7 Å². The predicted octanol–water partition coefficient (Wildman–Crippen LogP) is 4.72. The van der Waals surface area contributed by atoms with Crippen LogP contribution in [0.1, 0.15) is 41.9 Å². The molecule has 0 radical (unpaired) electrons. The van der Waals surface area contributed by atoms with Crippen molar-refractivity contribution in [3.8, 4) is 5.75 Å². The number of ether oxygens (including phenoxy) is 1. The zero-order chi connectivity index (χ0) is 19.2. The lowest BCUT2D eigenvalue weighted by Crippen LogP contribution is -2.29. The summed E-state index contributed by atoms with van der Waals surface area (Å²) in [6.45, 7) is 1.20. The molecule has 3 rings (SSSR count). The minimum Gasteiger partial charge on any atom is -0.497 e. The standard InChI is InChI=1S/C24H31NO2/c1-25(2)16-22-11-10-19(12-18-6-4-7-20(13-18)17-26)14-24(22)21-8-5-9-23(15-21)27-3/h4-9,12-13,15,22,24,26H,10-11,14,16-17H2,1-3H3/t22-,24-/m1/s1. The monoisotopic (exact) mass is 365 g/mol. The second-order valence-electron chi connectivity index (χ2n) is 7.85. The highest BCUT2D eigenvalue weighted by Crippen LogP contribution is 2.42. The van der Waals surface area contributed by atoms with Crippen LogP contribution in [0.4, 0.5) is 0 Å². The van der Waals surface area contributed by atoms with Crippen LogP contribution in [0.25, 0.3) is 6.08 Å². The van der Waals surface area contributed by atoms with Crippen molar-refractivity contribution in [2.24, 2.45) is 5.92 Å². The van der Waals surface area contributed by atoms with Crippen molar-refractivity contribution in [3.63, 3.8) is 0 Å². The average Bonchev–Trinajstić information content (AvgIpc) is 2.69.